The molecule has 0 fully saturated rings. The van der Waals surface area contributed by atoms with Crippen molar-refractivity contribution in [1.82, 2.24) is 0 Å². The van der Waals surface area contributed by atoms with Gasteiger partial charge in [0.25, 0.3) is 0 Å². The Morgan fingerprint density at radius 1 is 0.636 bits per heavy atom. The Hall–Kier alpha value is -0.510. The van der Waals surface area contributed by atoms with Gasteiger partial charge in [-0.15, -0.1) is 0 Å². The van der Waals surface area contributed by atoms with Gasteiger partial charge >= 0.3 is 0 Å². The molecule has 0 radical (unpaired) electrons. The van der Waals surface area contributed by atoms with Crippen molar-refractivity contribution >= 4 is 0 Å². The van der Waals surface area contributed by atoms with Gasteiger partial charge in [-0.1, -0.05) is 110 Å². The minimum Gasteiger partial charge on any atom is -0.198 e. The van der Waals surface area contributed by atoms with E-state index >= 15 is 0 Å². The molecular formula is C21H41N. The average Bonchev–Trinajstić information content (AvgIpc) is 2.52. The first-order valence-electron chi connectivity index (χ1n) is 10.2. The van der Waals surface area contributed by atoms with Crippen LogP contribution in [0.2, 0.25) is 0 Å². The molecule has 0 N–H and O–H groups in total. The van der Waals surface area contributed by atoms with Crippen molar-refractivity contribution in [3.63, 3.8) is 0 Å². The molecule has 0 aliphatic heterocycles. The average molecular weight is 308 g/mol. The third kappa shape index (κ3) is 17.5. The van der Waals surface area contributed by atoms with E-state index in [1.54, 1.807) is 0 Å². The summed E-state index contributed by atoms with van der Waals surface area (Å²) in [6.07, 6.45) is 23.0. The van der Waals surface area contributed by atoms with Gasteiger partial charge in [-0.3, -0.25) is 0 Å². The highest BCUT2D eigenvalue weighted by molar-refractivity contribution is 4.67. The van der Waals surface area contributed by atoms with Gasteiger partial charge < -0.3 is 0 Å². The van der Waals surface area contributed by atoms with Gasteiger partial charge in [-0.25, -0.2) is 0 Å². The SMILES string of the molecule is CCCCCCCCC(C)CCCCCCCCCCC#N. The second-order valence-corrected chi connectivity index (χ2v) is 7.19. The molecule has 0 bridgehead atoms. The summed E-state index contributed by atoms with van der Waals surface area (Å²) in [5.74, 6) is 0.942. The molecular weight excluding hydrogens is 266 g/mol. The first kappa shape index (κ1) is 21.5. The fraction of sp³-hybridized carbons (Fsp3) is 0.952. The summed E-state index contributed by atoms with van der Waals surface area (Å²) in [5.41, 5.74) is 0. The van der Waals surface area contributed by atoms with Crippen molar-refractivity contribution in [2.75, 3.05) is 0 Å². The van der Waals surface area contributed by atoms with Crippen molar-refractivity contribution in [2.45, 2.75) is 123 Å². The van der Waals surface area contributed by atoms with Gasteiger partial charge in [0, 0.05) is 6.42 Å². The largest absolute Gasteiger partial charge is 0.198 e. The van der Waals surface area contributed by atoms with Crippen molar-refractivity contribution in [2.24, 2.45) is 5.92 Å². The number of rotatable bonds is 17. The monoisotopic (exact) mass is 307 g/mol. The molecule has 0 amide bonds. The lowest BCUT2D eigenvalue weighted by Crippen LogP contribution is -1.95. The van der Waals surface area contributed by atoms with Crippen LogP contribution in [0.1, 0.15) is 123 Å². The van der Waals surface area contributed by atoms with E-state index < -0.39 is 0 Å². The zero-order chi connectivity index (χ0) is 16.3. The van der Waals surface area contributed by atoms with E-state index in [1.165, 1.54) is 96.3 Å². The normalized spacial score (nSPS) is 12.2. The predicted molar refractivity (Wildman–Crippen MR) is 98.9 cm³/mol. The van der Waals surface area contributed by atoms with E-state index in [4.69, 9.17) is 5.26 Å². The summed E-state index contributed by atoms with van der Waals surface area (Å²) in [6, 6.07) is 2.22. The third-order valence-corrected chi connectivity index (χ3v) is 4.79. The molecule has 0 rings (SSSR count). The quantitative estimate of drug-likeness (QED) is 0.251. The number of nitrogens with zero attached hydrogens (tertiary/aromatic N) is 1. The number of hydrogen-bond acceptors (Lipinski definition) is 1. The lowest BCUT2D eigenvalue weighted by Gasteiger charge is -2.11. The van der Waals surface area contributed by atoms with E-state index in [9.17, 15) is 0 Å². The standard InChI is InChI=1S/C21H41N/c1-3-4-5-6-12-15-18-21(2)19-16-13-10-8-7-9-11-14-17-20-22/h21H,3-19H2,1-2H3. The van der Waals surface area contributed by atoms with Gasteiger partial charge in [0.05, 0.1) is 6.07 Å². The summed E-state index contributed by atoms with van der Waals surface area (Å²) in [4.78, 5) is 0. The van der Waals surface area contributed by atoms with Crippen LogP contribution in [0.3, 0.4) is 0 Å². The van der Waals surface area contributed by atoms with Gasteiger partial charge in [0.2, 0.25) is 0 Å². The Bertz CT molecular complexity index is 241. The van der Waals surface area contributed by atoms with E-state index in [0.717, 1.165) is 18.8 Å². The molecule has 0 saturated carbocycles. The summed E-state index contributed by atoms with van der Waals surface area (Å²) >= 11 is 0. The molecule has 0 aromatic carbocycles. The molecule has 0 saturated heterocycles. The first-order chi connectivity index (χ1) is 10.8. The van der Waals surface area contributed by atoms with E-state index in [2.05, 4.69) is 19.9 Å². The van der Waals surface area contributed by atoms with Gasteiger partial charge in [-0.05, 0) is 12.3 Å². The number of hydrogen-bond donors (Lipinski definition) is 0. The summed E-state index contributed by atoms with van der Waals surface area (Å²) < 4.78 is 0. The highest BCUT2D eigenvalue weighted by atomic mass is 14.2. The molecule has 1 unspecified atom stereocenters. The van der Waals surface area contributed by atoms with Crippen LogP contribution in [0, 0.1) is 17.2 Å². The van der Waals surface area contributed by atoms with Crippen LogP contribution < -0.4 is 0 Å². The molecule has 1 nitrogen and oxygen atoms in total. The van der Waals surface area contributed by atoms with Crippen LogP contribution in [0.15, 0.2) is 0 Å². The lowest BCUT2D eigenvalue weighted by molar-refractivity contribution is 0.431. The fourth-order valence-electron chi connectivity index (χ4n) is 3.17. The zero-order valence-electron chi connectivity index (χ0n) is 15.5. The molecule has 0 aromatic heterocycles. The van der Waals surface area contributed by atoms with Crippen molar-refractivity contribution < 1.29 is 0 Å². The topological polar surface area (TPSA) is 23.8 Å². The van der Waals surface area contributed by atoms with Crippen molar-refractivity contribution in [3.8, 4) is 6.07 Å². The molecule has 1 atom stereocenters. The summed E-state index contributed by atoms with van der Waals surface area (Å²) in [7, 11) is 0. The number of nitriles is 1. The minimum absolute atomic E-state index is 0.747. The van der Waals surface area contributed by atoms with Crippen LogP contribution >= 0.6 is 0 Å². The maximum Gasteiger partial charge on any atom is 0.0621 e. The van der Waals surface area contributed by atoms with Gasteiger partial charge in [0.1, 0.15) is 0 Å². The maximum atomic E-state index is 8.46. The molecule has 130 valence electrons. The molecule has 0 aliphatic rings. The smallest absolute Gasteiger partial charge is 0.0621 e. The van der Waals surface area contributed by atoms with Crippen LogP contribution in [0.4, 0.5) is 0 Å². The minimum atomic E-state index is 0.747. The Morgan fingerprint density at radius 3 is 1.50 bits per heavy atom. The molecule has 0 aromatic rings. The Labute approximate surface area is 140 Å². The van der Waals surface area contributed by atoms with E-state index in [1.807, 2.05) is 0 Å². The highest BCUT2D eigenvalue weighted by Crippen LogP contribution is 2.18. The van der Waals surface area contributed by atoms with Crippen LogP contribution in [-0.4, -0.2) is 0 Å². The van der Waals surface area contributed by atoms with Crippen molar-refractivity contribution in [1.29, 1.82) is 5.26 Å². The Balaban J connectivity index is 3.12. The van der Waals surface area contributed by atoms with E-state index in [0.29, 0.717) is 0 Å². The predicted octanol–water partition coefficient (Wildman–Crippen LogP) is 7.80. The van der Waals surface area contributed by atoms with Gasteiger partial charge in [0.15, 0.2) is 0 Å². The van der Waals surface area contributed by atoms with Gasteiger partial charge in [-0.2, -0.15) is 5.26 Å². The van der Waals surface area contributed by atoms with Crippen LogP contribution in [-0.2, 0) is 0 Å². The highest BCUT2D eigenvalue weighted by Gasteiger charge is 2.02. The molecule has 1 heteroatoms. The fourth-order valence-corrected chi connectivity index (χ4v) is 3.17. The second kappa shape index (κ2) is 18.5. The molecule has 22 heavy (non-hydrogen) atoms. The van der Waals surface area contributed by atoms with Crippen LogP contribution in [0.5, 0.6) is 0 Å². The molecule has 0 spiro atoms. The Kier molecular flexibility index (Phi) is 18.1. The van der Waals surface area contributed by atoms with Crippen LogP contribution in [0.25, 0.3) is 0 Å². The van der Waals surface area contributed by atoms with Crippen molar-refractivity contribution in [3.05, 3.63) is 0 Å². The summed E-state index contributed by atoms with van der Waals surface area (Å²) in [5, 5.41) is 8.46. The Morgan fingerprint density at radius 2 is 1.05 bits per heavy atom. The summed E-state index contributed by atoms with van der Waals surface area (Å²) in [6.45, 7) is 4.73. The molecule has 0 heterocycles. The zero-order valence-corrected chi connectivity index (χ0v) is 15.5. The van der Waals surface area contributed by atoms with E-state index in [-0.39, 0.29) is 0 Å². The maximum absolute atomic E-state index is 8.46. The lowest BCUT2D eigenvalue weighted by atomic mass is 9.96. The molecule has 0 aliphatic carbocycles. The third-order valence-electron chi connectivity index (χ3n) is 4.79. The number of unbranched alkanes of at least 4 members (excludes halogenated alkanes) is 13. The first-order valence-corrected chi connectivity index (χ1v) is 10.2. The second-order valence-electron chi connectivity index (χ2n) is 7.19.